The first-order valence-corrected chi connectivity index (χ1v) is 7.74. The largest absolute Gasteiger partial charge is 0.265 e. The molecule has 0 saturated heterocycles. The fraction of sp³-hybridized carbons (Fsp3) is 0.706. The Bertz CT molecular complexity index is 338. The summed E-state index contributed by atoms with van der Waals surface area (Å²) in [7, 11) is 0. The number of hydrogen-bond acceptors (Lipinski definition) is 1. The molecular weight excluding hydrogens is 218 g/mol. The lowest BCUT2D eigenvalue weighted by Crippen LogP contribution is -1.96. The molecular formula is C17H27N. The molecule has 0 aromatic carbocycles. The van der Waals surface area contributed by atoms with E-state index in [4.69, 9.17) is 0 Å². The maximum Gasteiger partial charge on any atom is 0.0400 e. The Morgan fingerprint density at radius 2 is 2.28 bits per heavy atom. The van der Waals surface area contributed by atoms with Gasteiger partial charge in [-0.1, -0.05) is 51.3 Å². The monoisotopic (exact) mass is 245 g/mol. The molecule has 1 aliphatic carbocycles. The fourth-order valence-electron chi connectivity index (χ4n) is 2.96. The van der Waals surface area contributed by atoms with Crippen molar-refractivity contribution in [3.05, 3.63) is 23.9 Å². The van der Waals surface area contributed by atoms with Gasteiger partial charge in [0.2, 0.25) is 0 Å². The van der Waals surface area contributed by atoms with Gasteiger partial charge in [0.1, 0.15) is 0 Å². The van der Waals surface area contributed by atoms with Crippen LogP contribution in [0.15, 0.2) is 28.9 Å². The molecule has 3 unspecified atom stereocenters. The van der Waals surface area contributed by atoms with Crippen molar-refractivity contribution >= 4 is 6.21 Å². The number of aliphatic imine (C=N–C) groups is 1. The summed E-state index contributed by atoms with van der Waals surface area (Å²) in [6.07, 6.45) is 18.3. The van der Waals surface area contributed by atoms with Gasteiger partial charge in [-0.2, -0.15) is 0 Å². The molecule has 0 radical (unpaired) electrons. The summed E-state index contributed by atoms with van der Waals surface area (Å²) in [6, 6.07) is 0. The van der Waals surface area contributed by atoms with Crippen LogP contribution < -0.4 is 0 Å². The second-order valence-electron chi connectivity index (χ2n) is 5.75. The molecule has 0 bridgehead atoms. The highest BCUT2D eigenvalue weighted by atomic mass is 14.8. The molecule has 0 aromatic heterocycles. The molecule has 100 valence electrons. The minimum absolute atomic E-state index is 0.748. The summed E-state index contributed by atoms with van der Waals surface area (Å²) >= 11 is 0. The smallest absolute Gasteiger partial charge is 0.0400 e. The molecule has 2 rings (SSSR count). The maximum absolute atomic E-state index is 4.44. The van der Waals surface area contributed by atoms with Gasteiger partial charge in [0, 0.05) is 24.3 Å². The standard InChI is InChI=1S/C17H27N/c1-3-8-14(4-2)9-5-6-10-15-13-16(15)17-11-7-12-18-17/h6,10-12,14-16H,3-5,7-9,13H2,1-2H3/b10-6+. The lowest BCUT2D eigenvalue weighted by Gasteiger charge is -2.11. The summed E-state index contributed by atoms with van der Waals surface area (Å²) in [5.41, 5.74) is 1.35. The van der Waals surface area contributed by atoms with Gasteiger partial charge in [-0.15, -0.1) is 0 Å². The van der Waals surface area contributed by atoms with Gasteiger partial charge in [-0.25, -0.2) is 0 Å². The summed E-state index contributed by atoms with van der Waals surface area (Å²) < 4.78 is 0. The summed E-state index contributed by atoms with van der Waals surface area (Å²) in [4.78, 5) is 4.44. The lowest BCUT2D eigenvalue weighted by molar-refractivity contribution is 0.435. The molecule has 0 N–H and O–H groups in total. The molecule has 1 aliphatic heterocycles. The van der Waals surface area contributed by atoms with E-state index in [1.807, 2.05) is 6.21 Å². The SMILES string of the molecule is CCCC(CC)CC/C=C/C1CC1C1=CCC=N1. The summed E-state index contributed by atoms with van der Waals surface area (Å²) in [5, 5.41) is 0. The molecule has 3 atom stereocenters. The number of rotatable bonds is 8. The topological polar surface area (TPSA) is 12.4 Å². The average Bonchev–Trinajstić information content (AvgIpc) is 2.95. The van der Waals surface area contributed by atoms with E-state index in [1.165, 1.54) is 44.2 Å². The predicted octanol–water partition coefficient (Wildman–Crippen LogP) is 5.14. The highest BCUT2D eigenvalue weighted by molar-refractivity contribution is 5.65. The van der Waals surface area contributed by atoms with Crippen molar-refractivity contribution in [1.29, 1.82) is 0 Å². The zero-order chi connectivity index (χ0) is 12.8. The molecule has 0 amide bonds. The van der Waals surface area contributed by atoms with E-state index in [2.05, 4.69) is 37.1 Å². The van der Waals surface area contributed by atoms with E-state index in [0.29, 0.717) is 0 Å². The normalized spacial score (nSPS) is 27.8. The Hall–Kier alpha value is -0.850. The second kappa shape index (κ2) is 6.92. The van der Waals surface area contributed by atoms with Crippen LogP contribution in [-0.2, 0) is 0 Å². The Morgan fingerprint density at radius 3 is 2.94 bits per heavy atom. The van der Waals surface area contributed by atoms with Crippen molar-refractivity contribution in [3.63, 3.8) is 0 Å². The summed E-state index contributed by atoms with van der Waals surface area (Å²) in [5.74, 6) is 2.48. The quantitative estimate of drug-likeness (QED) is 0.525. The van der Waals surface area contributed by atoms with Crippen molar-refractivity contribution in [2.75, 3.05) is 0 Å². The van der Waals surface area contributed by atoms with Crippen LogP contribution in [0.25, 0.3) is 0 Å². The molecule has 0 spiro atoms. The zero-order valence-electron chi connectivity index (χ0n) is 11.9. The third kappa shape index (κ3) is 3.83. The highest BCUT2D eigenvalue weighted by Crippen LogP contribution is 2.46. The van der Waals surface area contributed by atoms with Crippen LogP contribution in [0.5, 0.6) is 0 Å². The Kier molecular flexibility index (Phi) is 5.22. The van der Waals surface area contributed by atoms with E-state index >= 15 is 0 Å². The lowest BCUT2D eigenvalue weighted by atomic mass is 9.95. The van der Waals surface area contributed by atoms with Gasteiger partial charge in [-0.05, 0) is 31.1 Å². The molecule has 1 fully saturated rings. The van der Waals surface area contributed by atoms with Crippen molar-refractivity contribution in [2.24, 2.45) is 22.7 Å². The molecule has 2 aliphatic rings. The van der Waals surface area contributed by atoms with Crippen LogP contribution >= 0.6 is 0 Å². The van der Waals surface area contributed by atoms with Gasteiger partial charge in [0.25, 0.3) is 0 Å². The molecule has 0 aromatic rings. The minimum Gasteiger partial charge on any atom is -0.265 e. The summed E-state index contributed by atoms with van der Waals surface area (Å²) in [6.45, 7) is 4.62. The minimum atomic E-state index is 0.748. The van der Waals surface area contributed by atoms with Crippen LogP contribution in [0.1, 0.15) is 58.8 Å². The van der Waals surface area contributed by atoms with Gasteiger partial charge in [0.05, 0.1) is 0 Å². The van der Waals surface area contributed by atoms with Crippen LogP contribution in [0.4, 0.5) is 0 Å². The van der Waals surface area contributed by atoms with Crippen molar-refractivity contribution < 1.29 is 0 Å². The van der Waals surface area contributed by atoms with Gasteiger partial charge >= 0.3 is 0 Å². The van der Waals surface area contributed by atoms with Crippen molar-refractivity contribution in [2.45, 2.75) is 58.8 Å². The first-order valence-electron chi connectivity index (χ1n) is 7.74. The average molecular weight is 245 g/mol. The number of hydrogen-bond donors (Lipinski definition) is 0. The highest BCUT2D eigenvalue weighted by Gasteiger charge is 2.38. The Morgan fingerprint density at radius 1 is 1.39 bits per heavy atom. The van der Waals surface area contributed by atoms with Crippen molar-refractivity contribution in [1.82, 2.24) is 0 Å². The number of allylic oxidation sites excluding steroid dienone is 4. The second-order valence-corrected chi connectivity index (χ2v) is 5.75. The maximum atomic E-state index is 4.44. The Balaban J connectivity index is 1.63. The van der Waals surface area contributed by atoms with E-state index < -0.39 is 0 Å². The van der Waals surface area contributed by atoms with Crippen LogP contribution in [0, 0.1) is 17.8 Å². The molecule has 1 heterocycles. The molecule has 1 heteroatoms. The van der Waals surface area contributed by atoms with E-state index in [1.54, 1.807) is 0 Å². The molecule has 1 nitrogen and oxygen atoms in total. The van der Waals surface area contributed by atoms with Crippen LogP contribution in [-0.4, -0.2) is 6.21 Å². The number of nitrogens with zero attached hydrogens (tertiary/aromatic N) is 1. The van der Waals surface area contributed by atoms with E-state index in [0.717, 1.165) is 24.2 Å². The third-order valence-corrected chi connectivity index (χ3v) is 4.29. The van der Waals surface area contributed by atoms with Gasteiger partial charge in [-0.3, -0.25) is 4.99 Å². The zero-order valence-corrected chi connectivity index (χ0v) is 11.9. The Labute approximate surface area is 112 Å². The van der Waals surface area contributed by atoms with Gasteiger partial charge < -0.3 is 0 Å². The molecule has 1 saturated carbocycles. The fourth-order valence-corrected chi connectivity index (χ4v) is 2.96. The van der Waals surface area contributed by atoms with Crippen LogP contribution in [0.2, 0.25) is 0 Å². The third-order valence-electron chi connectivity index (χ3n) is 4.29. The van der Waals surface area contributed by atoms with E-state index in [9.17, 15) is 0 Å². The van der Waals surface area contributed by atoms with Gasteiger partial charge in [0.15, 0.2) is 0 Å². The van der Waals surface area contributed by atoms with Crippen molar-refractivity contribution in [3.8, 4) is 0 Å². The predicted molar refractivity (Wildman–Crippen MR) is 79.9 cm³/mol. The van der Waals surface area contributed by atoms with Crippen LogP contribution in [0.3, 0.4) is 0 Å². The first kappa shape index (κ1) is 13.6. The van der Waals surface area contributed by atoms with E-state index in [-0.39, 0.29) is 0 Å². The molecule has 18 heavy (non-hydrogen) atoms. The first-order chi connectivity index (χ1) is 8.85.